The summed E-state index contributed by atoms with van der Waals surface area (Å²) in [5.74, 6) is -0.839. The fourth-order valence-corrected chi connectivity index (χ4v) is 2.54. The topological polar surface area (TPSA) is 116 Å². The van der Waals surface area contributed by atoms with Crippen LogP contribution in [0.2, 0.25) is 0 Å². The van der Waals surface area contributed by atoms with Crippen molar-refractivity contribution in [3.63, 3.8) is 0 Å². The third-order valence-corrected chi connectivity index (χ3v) is 3.72. The van der Waals surface area contributed by atoms with Crippen molar-refractivity contribution in [2.24, 2.45) is 0 Å². The first-order chi connectivity index (χ1) is 11.5. The van der Waals surface area contributed by atoms with Crippen LogP contribution in [-0.4, -0.2) is 20.2 Å². The number of hydrogen-bond donors (Lipinski definition) is 3. The van der Waals surface area contributed by atoms with Gasteiger partial charge in [-0.25, -0.2) is 9.78 Å². The molecule has 0 fully saturated rings. The number of para-hydroxylation sites is 1. The first-order valence-electron chi connectivity index (χ1n) is 7.03. The van der Waals surface area contributed by atoms with Crippen LogP contribution in [0.1, 0.15) is 0 Å². The van der Waals surface area contributed by atoms with E-state index in [1.54, 1.807) is 24.3 Å². The molecule has 0 aliphatic heterocycles. The van der Waals surface area contributed by atoms with Gasteiger partial charge in [-0.15, -0.1) is 0 Å². The highest BCUT2D eigenvalue weighted by Gasteiger charge is 2.15. The number of aromatic amines is 1. The summed E-state index contributed by atoms with van der Waals surface area (Å²) in [6.45, 7) is 0. The molecule has 2 aromatic carbocycles. The molecule has 4 aromatic rings. The minimum Gasteiger partial charge on any atom is -0.504 e. The first-order valence-corrected chi connectivity index (χ1v) is 7.03. The lowest BCUT2D eigenvalue weighted by Crippen LogP contribution is -2.13. The van der Waals surface area contributed by atoms with Crippen LogP contribution in [0.25, 0.3) is 33.3 Å². The normalized spacial score (nSPS) is 11.2. The van der Waals surface area contributed by atoms with Gasteiger partial charge in [0, 0.05) is 5.39 Å². The van der Waals surface area contributed by atoms with E-state index in [-0.39, 0.29) is 22.5 Å². The van der Waals surface area contributed by atoms with Crippen molar-refractivity contribution in [3.8, 4) is 22.9 Å². The maximum absolute atomic E-state index is 12.2. The molecule has 0 bridgehead atoms. The van der Waals surface area contributed by atoms with E-state index >= 15 is 0 Å². The molecule has 0 saturated carbocycles. The predicted molar refractivity (Wildman–Crippen MR) is 87.2 cm³/mol. The van der Waals surface area contributed by atoms with E-state index in [0.717, 1.165) is 0 Å². The minimum atomic E-state index is -0.790. The molecule has 7 nitrogen and oxygen atoms in total. The molecule has 4 rings (SSSR count). The van der Waals surface area contributed by atoms with Crippen molar-refractivity contribution < 1.29 is 14.6 Å². The average Bonchev–Trinajstić information content (AvgIpc) is 2.58. The van der Waals surface area contributed by atoms with Gasteiger partial charge in [-0.05, 0) is 30.3 Å². The van der Waals surface area contributed by atoms with Gasteiger partial charge in [0.05, 0.1) is 10.9 Å². The molecule has 0 saturated heterocycles. The maximum Gasteiger partial charge on any atom is 0.347 e. The van der Waals surface area contributed by atoms with Gasteiger partial charge in [0.25, 0.3) is 5.56 Å². The van der Waals surface area contributed by atoms with Crippen molar-refractivity contribution in [1.29, 1.82) is 0 Å². The molecule has 7 heteroatoms. The zero-order chi connectivity index (χ0) is 16.8. The Labute approximate surface area is 133 Å². The fourth-order valence-electron chi connectivity index (χ4n) is 2.54. The Kier molecular flexibility index (Phi) is 2.89. The molecule has 0 aliphatic rings. The second-order valence-electron chi connectivity index (χ2n) is 5.23. The number of benzene rings is 2. The molecular weight excluding hydrogens is 312 g/mol. The Hall–Kier alpha value is -3.61. The lowest BCUT2D eigenvalue weighted by Gasteiger charge is -2.05. The largest absolute Gasteiger partial charge is 0.504 e. The van der Waals surface area contributed by atoms with E-state index in [1.807, 2.05) is 0 Å². The zero-order valence-corrected chi connectivity index (χ0v) is 12.1. The molecule has 0 atom stereocenters. The van der Waals surface area contributed by atoms with Gasteiger partial charge in [0.1, 0.15) is 11.4 Å². The van der Waals surface area contributed by atoms with Gasteiger partial charge in [-0.2, -0.15) is 0 Å². The highest BCUT2D eigenvalue weighted by molar-refractivity contribution is 5.87. The number of rotatable bonds is 1. The third kappa shape index (κ3) is 2.03. The molecule has 0 spiro atoms. The van der Waals surface area contributed by atoms with Crippen LogP contribution in [-0.2, 0) is 0 Å². The zero-order valence-electron chi connectivity index (χ0n) is 12.1. The molecule has 0 unspecified atom stereocenters. The smallest absolute Gasteiger partial charge is 0.347 e. The van der Waals surface area contributed by atoms with Gasteiger partial charge in [0.2, 0.25) is 5.75 Å². The van der Waals surface area contributed by atoms with Gasteiger partial charge < -0.3 is 19.6 Å². The number of phenols is 2. The summed E-state index contributed by atoms with van der Waals surface area (Å²) in [5.41, 5.74) is -0.794. The van der Waals surface area contributed by atoms with Crippen LogP contribution in [0.4, 0.5) is 0 Å². The number of nitrogens with one attached hydrogen (secondary N) is 1. The second kappa shape index (κ2) is 4.95. The molecule has 2 aromatic heterocycles. The monoisotopic (exact) mass is 322 g/mol. The van der Waals surface area contributed by atoms with Crippen LogP contribution < -0.4 is 11.2 Å². The molecular formula is C17H10N2O5. The van der Waals surface area contributed by atoms with Gasteiger partial charge in [-0.1, -0.05) is 12.1 Å². The van der Waals surface area contributed by atoms with Crippen molar-refractivity contribution >= 4 is 21.9 Å². The minimum absolute atomic E-state index is 0.0513. The summed E-state index contributed by atoms with van der Waals surface area (Å²) in [6.07, 6.45) is 0. The number of H-pyrrole nitrogens is 1. The predicted octanol–water partition coefficient (Wildman–Crippen LogP) is 2.11. The van der Waals surface area contributed by atoms with Crippen LogP contribution in [0, 0.1) is 0 Å². The maximum atomic E-state index is 12.2. The third-order valence-electron chi connectivity index (χ3n) is 3.72. The Balaban J connectivity index is 2.03. The Bertz CT molecular complexity index is 1220. The Morgan fingerprint density at radius 3 is 2.67 bits per heavy atom. The number of hydrogen-bond acceptors (Lipinski definition) is 6. The van der Waals surface area contributed by atoms with E-state index in [1.165, 1.54) is 18.2 Å². The van der Waals surface area contributed by atoms with Crippen LogP contribution >= 0.6 is 0 Å². The van der Waals surface area contributed by atoms with Crippen LogP contribution in [0.5, 0.6) is 11.5 Å². The van der Waals surface area contributed by atoms with Crippen molar-refractivity contribution in [2.75, 3.05) is 0 Å². The lowest BCUT2D eigenvalue weighted by molar-refractivity contribution is 0.398. The standard InChI is InChI=1S/C17H10N2O5/c20-12-6-5-8-7-10(17(23)24-14(8)13(12)21)15-18-11-4-2-1-3-9(11)16(22)19-15/h1-7,20-21H,(H,18,19,22). The number of fused-ring (bicyclic) bond motifs is 2. The van der Waals surface area contributed by atoms with Crippen molar-refractivity contribution in [1.82, 2.24) is 9.97 Å². The Morgan fingerprint density at radius 2 is 1.83 bits per heavy atom. The summed E-state index contributed by atoms with van der Waals surface area (Å²) in [4.78, 5) is 31.2. The van der Waals surface area contributed by atoms with E-state index in [2.05, 4.69) is 9.97 Å². The average molecular weight is 322 g/mol. The second-order valence-corrected chi connectivity index (χ2v) is 5.23. The van der Waals surface area contributed by atoms with Crippen LogP contribution in [0.15, 0.2) is 56.5 Å². The number of phenolic OH excluding ortho intramolecular Hbond substituents is 2. The van der Waals surface area contributed by atoms with Crippen molar-refractivity contribution in [2.45, 2.75) is 0 Å². The van der Waals surface area contributed by atoms with Gasteiger partial charge >= 0.3 is 5.63 Å². The highest BCUT2D eigenvalue weighted by atomic mass is 16.4. The van der Waals surface area contributed by atoms with E-state index < -0.39 is 17.1 Å². The van der Waals surface area contributed by atoms with Gasteiger partial charge in [-0.3, -0.25) is 4.79 Å². The number of aromatic nitrogens is 2. The van der Waals surface area contributed by atoms with Gasteiger partial charge in [0.15, 0.2) is 11.3 Å². The summed E-state index contributed by atoms with van der Waals surface area (Å²) in [5, 5.41) is 20.0. The molecule has 0 radical (unpaired) electrons. The summed E-state index contributed by atoms with van der Waals surface area (Å²) >= 11 is 0. The molecule has 3 N–H and O–H groups in total. The summed E-state index contributed by atoms with van der Waals surface area (Å²) in [7, 11) is 0. The van der Waals surface area contributed by atoms with Crippen molar-refractivity contribution in [3.05, 3.63) is 63.2 Å². The molecule has 0 aliphatic carbocycles. The fraction of sp³-hybridized carbons (Fsp3) is 0. The van der Waals surface area contributed by atoms with E-state index in [9.17, 15) is 19.8 Å². The molecule has 24 heavy (non-hydrogen) atoms. The number of nitrogens with zero attached hydrogens (tertiary/aromatic N) is 1. The van der Waals surface area contributed by atoms with E-state index in [4.69, 9.17) is 4.42 Å². The summed E-state index contributed by atoms with van der Waals surface area (Å²) in [6, 6.07) is 11.0. The first kappa shape index (κ1) is 14.0. The highest BCUT2D eigenvalue weighted by Crippen LogP contribution is 2.33. The molecule has 0 amide bonds. The molecule has 118 valence electrons. The SMILES string of the molecule is O=c1oc2c(O)c(O)ccc2cc1-c1nc2ccccc2c(=O)[nH]1. The summed E-state index contributed by atoms with van der Waals surface area (Å²) < 4.78 is 5.08. The Morgan fingerprint density at radius 1 is 1.04 bits per heavy atom. The van der Waals surface area contributed by atoms with Crippen LogP contribution in [0.3, 0.4) is 0 Å². The van der Waals surface area contributed by atoms with E-state index in [0.29, 0.717) is 16.3 Å². The molecule has 2 heterocycles. The number of aromatic hydroxyl groups is 2. The lowest BCUT2D eigenvalue weighted by atomic mass is 10.1. The quantitative estimate of drug-likeness (QED) is 0.365.